The van der Waals surface area contributed by atoms with E-state index >= 15 is 0 Å². The summed E-state index contributed by atoms with van der Waals surface area (Å²) < 4.78 is 19.4. The minimum absolute atomic E-state index is 0.273. The van der Waals surface area contributed by atoms with E-state index in [2.05, 4.69) is 0 Å². The maximum atomic E-state index is 13.8. The molecule has 0 saturated carbocycles. The zero-order valence-electron chi connectivity index (χ0n) is 10.5. The van der Waals surface area contributed by atoms with Crippen LogP contribution < -0.4 is 10.5 Å². The number of ether oxygens (including phenoxy) is 1. The Labute approximate surface area is 131 Å². The Hall–Kier alpha value is -1.000. The second kappa shape index (κ2) is 6.19. The van der Waals surface area contributed by atoms with Crippen LogP contribution in [-0.4, -0.2) is 0 Å². The molecule has 6 heteroatoms. The van der Waals surface area contributed by atoms with E-state index in [1.165, 1.54) is 24.3 Å². The molecule has 2 rings (SSSR count). The molecule has 0 aliphatic heterocycles. The molecule has 1 atom stereocenters. The Morgan fingerprint density at radius 1 is 1.05 bits per heavy atom. The van der Waals surface area contributed by atoms with Gasteiger partial charge in [0, 0.05) is 17.7 Å². The molecule has 0 aliphatic rings. The fourth-order valence-electron chi connectivity index (χ4n) is 1.75. The molecule has 0 unspecified atom stereocenters. The van der Waals surface area contributed by atoms with Crippen molar-refractivity contribution >= 4 is 34.8 Å². The third-order valence-electron chi connectivity index (χ3n) is 2.66. The molecule has 0 radical (unpaired) electrons. The van der Waals surface area contributed by atoms with E-state index in [-0.39, 0.29) is 16.3 Å². The molecule has 2 nitrogen and oxygen atoms in total. The van der Waals surface area contributed by atoms with Gasteiger partial charge in [-0.1, -0.05) is 40.9 Å². The van der Waals surface area contributed by atoms with Gasteiger partial charge in [0.05, 0.1) is 15.1 Å². The summed E-state index contributed by atoms with van der Waals surface area (Å²) in [4.78, 5) is 0. The summed E-state index contributed by atoms with van der Waals surface area (Å²) in [7, 11) is 0. The first-order chi connectivity index (χ1) is 9.40. The molecule has 0 amide bonds. The Balaban J connectivity index is 2.45. The van der Waals surface area contributed by atoms with Gasteiger partial charge in [-0.2, -0.15) is 0 Å². The van der Waals surface area contributed by atoms with E-state index in [4.69, 9.17) is 45.3 Å². The van der Waals surface area contributed by atoms with E-state index in [1.807, 2.05) is 0 Å². The summed E-state index contributed by atoms with van der Waals surface area (Å²) in [6.07, 6.45) is 0. The van der Waals surface area contributed by atoms with Gasteiger partial charge in [-0.05, 0) is 25.1 Å². The van der Waals surface area contributed by atoms with Crippen LogP contribution >= 0.6 is 34.8 Å². The van der Waals surface area contributed by atoms with Gasteiger partial charge in [0.25, 0.3) is 0 Å². The molecule has 0 spiro atoms. The molecular weight excluding hydrogens is 324 g/mol. The molecule has 0 bridgehead atoms. The molecule has 0 aromatic heterocycles. The third kappa shape index (κ3) is 3.18. The highest BCUT2D eigenvalue weighted by atomic mass is 35.5. The van der Waals surface area contributed by atoms with Crippen molar-refractivity contribution in [2.75, 3.05) is 0 Å². The monoisotopic (exact) mass is 333 g/mol. The van der Waals surface area contributed by atoms with Crippen LogP contribution in [-0.2, 0) is 0 Å². The minimum atomic E-state index is -0.521. The van der Waals surface area contributed by atoms with E-state index in [0.717, 1.165) is 0 Å². The Bertz CT molecular complexity index is 647. The lowest BCUT2D eigenvalue weighted by Crippen LogP contribution is -2.09. The van der Waals surface area contributed by atoms with Crippen LogP contribution in [0.2, 0.25) is 15.1 Å². The Kier molecular flexibility index (Phi) is 4.76. The first-order valence-electron chi connectivity index (χ1n) is 5.76. The van der Waals surface area contributed by atoms with Crippen LogP contribution in [0.5, 0.6) is 11.5 Å². The van der Waals surface area contributed by atoms with Crippen LogP contribution in [0.15, 0.2) is 30.3 Å². The number of benzene rings is 2. The summed E-state index contributed by atoms with van der Waals surface area (Å²) >= 11 is 17.8. The Morgan fingerprint density at radius 2 is 1.70 bits per heavy atom. The molecule has 2 N–H and O–H groups in total. The van der Waals surface area contributed by atoms with Gasteiger partial charge in [-0.15, -0.1) is 0 Å². The van der Waals surface area contributed by atoms with Crippen LogP contribution in [0.3, 0.4) is 0 Å². The number of hydrogen-bond acceptors (Lipinski definition) is 2. The van der Waals surface area contributed by atoms with Gasteiger partial charge in [0.1, 0.15) is 17.3 Å². The molecule has 2 aromatic rings. The lowest BCUT2D eigenvalue weighted by Gasteiger charge is -2.15. The van der Waals surface area contributed by atoms with E-state index in [0.29, 0.717) is 15.8 Å². The smallest absolute Gasteiger partial charge is 0.147 e. The Morgan fingerprint density at radius 3 is 2.35 bits per heavy atom. The summed E-state index contributed by atoms with van der Waals surface area (Å²) in [5.41, 5.74) is 6.03. The number of hydrogen-bond donors (Lipinski definition) is 1. The maximum Gasteiger partial charge on any atom is 0.147 e. The quantitative estimate of drug-likeness (QED) is 0.742. The maximum absolute atomic E-state index is 13.8. The second-order valence-corrected chi connectivity index (χ2v) is 5.46. The van der Waals surface area contributed by atoms with E-state index in [9.17, 15) is 4.39 Å². The summed E-state index contributed by atoms with van der Waals surface area (Å²) in [5, 5.41) is 0.889. The summed E-state index contributed by atoms with van der Waals surface area (Å²) in [5.74, 6) is 0.141. The van der Waals surface area contributed by atoms with Crippen molar-refractivity contribution in [3.63, 3.8) is 0 Å². The molecule has 2 aromatic carbocycles. The van der Waals surface area contributed by atoms with Crippen molar-refractivity contribution in [3.8, 4) is 11.5 Å². The third-order valence-corrected chi connectivity index (χ3v) is 3.68. The van der Waals surface area contributed by atoms with Crippen LogP contribution in [0, 0.1) is 5.82 Å². The zero-order chi connectivity index (χ0) is 14.9. The van der Waals surface area contributed by atoms with Gasteiger partial charge >= 0.3 is 0 Å². The lowest BCUT2D eigenvalue weighted by molar-refractivity contribution is 0.461. The molecule has 0 fully saturated rings. The van der Waals surface area contributed by atoms with Crippen LogP contribution in [0.25, 0.3) is 0 Å². The highest BCUT2D eigenvalue weighted by Gasteiger charge is 2.16. The van der Waals surface area contributed by atoms with E-state index < -0.39 is 11.9 Å². The topological polar surface area (TPSA) is 35.2 Å². The summed E-state index contributed by atoms with van der Waals surface area (Å²) in [6.45, 7) is 1.67. The standard InChI is InChI=1S/C14H11Cl3FNO/c1-7(19)14-11(18)3-2-4-12(14)20-13-6-9(16)8(15)5-10(13)17/h2-7H,19H2,1H3/t7-/m0/s1. The molecular formula is C14H11Cl3FNO. The molecule has 20 heavy (non-hydrogen) atoms. The number of halogens is 4. The highest BCUT2D eigenvalue weighted by Crippen LogP contribution is 2.38. The molecule has 0 heterocycles. The SMILES string of the molecule is C[C@H](N)c1c(F)cccc1Oc1cc(Cl)c(Cl)cc1Cl. The normalized spacial score (nSPS) is 12.3. The van der Waals surface area contributed by atoms with Gasteiger partial charge in [0.2, 0.25) is 0 Å². The molecule has 106 valence electrons. The van der Waals surface area contributed by atoms with Gasteiger partial charge in [-0.3, -0.25) is 0 Å². The first kappa shape index (κ1) is 15.4. The highest BCUT2D eigenvalue weighted by molar-refractivity contribution is 6.43. The average molecular weight is 335 g/mol. The predicted molar refractivity (Wildman–Crippen MR) is 80.5 cm³/mol. The largest absolute Gasteiger partial charge is 0.455 e. The fraction of sp³-hybridized carbons (Fsp3) is 0.143. The summed E-state index contributed by atoms with van der Waals surface area (Å²) in [6, 6.07) is 6.88. The van der Waals surface area contributed by atoms with Crippen LogP contribution in [0.1, 0.15) is 18.5 Å². The zero-order valence-corrected chi connectivity index (χ0v) is 12.7. The minimum Gasteiger partial charge on any atom is -0.455 e. The molecule has 0 saturated heterocycles. The molecule has 0 aliphatic carbocycles. The van der Waals surface area contributed by atoms with Gasteiger partial charge < -0.3 is 10.5 Å². The van der Waals surface area contributed by atoms with Crippen molar-refractivity contribution in [2.45, 2.75) is 13.0 Å². The van der Waals surface area contributed by atoms with Crippen molar-refractivity contribution in [2.24, 2.45) is 5.73 Å². The average Bonchev–Trinajstić information content (AvgIpc) is 2.35. The van der Waals surface area contributed by atoms with Crippen molar-refractivity contribution < 1.29 is 9.13 Å². The van der Waals surface area contributed by atoms with Gasteiger partial charge in [0.15, 0.2) is 0 Å². The predicted octanol–water partition coefficient (Wildman–Crippen LogP) is 5.60. The number of rotatable bonds is 3. The van der Waals surface area contributed by atoms with Crippen LogP contribution in [0.4, 0.5) is 4.39 Å². The van der Waals surface area contributed by atoms with Crippen molar-refractivity contribution in [3.05, 3.63) is 56.8 Å². The lowest BCUT2D eigenvalue weighted by atomic mass is 10.1. The van der Waals surface area contributed by atoms with Crippen molar-refractivity contribution in [1.82, 2.24) is 0 Å². The number of nitrogens with two attached hydrogens (primary N) is 1. The second-order valence-electron chi connectivity index (χ2n) is 4.24. The van der Waals surface area contributed by atoms with Crippen molar-refractivity contribution in [1.29, 1.82) is 0 Å². The van der Waals surface area contributed by atoms with E-state index in [1.54, 1.807) is 13.0 Å². The fourth-order valence-corrected chi connectivity index (χ4v) is 2.32. The van der Waals surface area contributed by atoms with Gasteiger partial charge in [-0.25, -0.2) is 4.39 Å². The first-order valence-corrected chi connectivity index (χ1v) is 6.90.